The number of ether oxygens (including phenoxy) is 1. The van der Waals surface area contributed by atoms with Crippen LogP contribution in [0.25, 0.3) is 0 Å². The second-order valence-corrected chi connectivity index (χ2v) is 7.48. The molecule has 1 saturated heterocycles. The van der Waals surface area contributed by atoms with Crippen LogP contribution >= 0.6 is 22.9 Å². The van der Waals surface area contributed by atoms with Crippen LogP contribution in [0.2, 0.25) is 4.34 Å². The molecule has 0 bridgehead atoms. The molecule has 1 aromatic heterocycles. The van der Waals surface area contributed by atoms with Gasteiger partial charge in [0.25, 0.3) is 0 Å². The van der Waals surface area contributed by atoms with Crippen LogP contribution in [-0.2, 0) is 14.3 Å². The summed E-state index contributed by atoms with van der Waals surface area (Å²) >= 11 is 7.36. The molecule has 0 aromatic carbocycles. The van der Waals surface area contributed by atoms with Crippen molar-refractivity contribution in [3.63, 3.8) is 0 Å². The fourth-order valence-corrected chi connectivity index (χ4v) is 3.73. The summed E-state index contributed by atoms with van der Waals surface area (Å²) in [5.41, 5.74) is 0. The Balaban J connectivity index is 1.92. The van der Waals surface area contributed by atoms with E-state index in [1.54, 1.807) is 22.9 Å². The first-order valence-corrected chi connectivity index (χ1v) is 8.62. The third-order valence-corrected chi connectivity index (χ3v) is 5.18. The number of amides is 1. The van der Waals surface area contributed by atoms with Gasteiger partial charge in [-0.1, -0.05) is 11.6 Å². The Hall–Kier alpha value is -1.15. The number of rotatable bonds is 6. The van der Waals surface area contributed by atoms with Crippen LogP contribution < -0.4 is 0 Å². The Bertz CT molecular complexity index is 565. The average Bonchev–Trinajstić information content (AvgIpc) is 2.91. The SMILES string of the molecule is C[C@H](C(=O)N1CCO[C@@H](CN(C)CC(=O)O)C1)c1ccc(Cl)s1. The van der Waals surface area contributed by atoms with E-state index >= 15 is 0 Å². The highest BCUT2D eigenvalue weighted by molar-refractivity contribution is 7.16. The molecule has 1 fully saturated rings. The van der Waals surface area contributed by atoms with Gasteiger partial charge in [-0.05, 0) is 26.1 Å². The minimum absolute atomic E-state index is 0.0437. The van der Waals surface area contributed by atoms with E-state index in [-0.39, 0.29) is 24.5 Å². The quantitative estimate of drug-likeness (QED) is 0.837. The normalized spacial score (nSPS) is 19.8. The number of carboxylic acids is 1. The van der Waals surface area contributed by atoms with Crippen molar-refractivity contribution < 1.29 is 19.4 Å². The zero-order chi connectivity index (χ0) is 17.0. The Labute approximate surface area is 144 Å². The van der Waals surface area contributed by atoms with Crippen LogP contribution in [-0.4, -0.2) is 72.7 Å². The van der Waals surface area contributed by atoms with Gasteiger partial charge < -0.3 is 14.7 Å². The number of likely N-dealkylation sites (N-methyl/N-ethyl adjacent to an activating group) is 1. The van der Waals surface area contributed by atoms with Gasteiger partial charge in [-0.2, -0.15) is 0 Å². The van der Waals surface area contributed by atoms with Crippen LogP contribution in [0.4, 0.5) is 0 Å². The maximum atomic E-state index is 12.6. The molecule has 1 aliphatic rings. The molecule has 2 heterocycles. The molecule has 0 unspecified atom stereocenters. The van der Waals surface area contributed by atoms with E-state index in [0.29, 0.717) is 30.6 Å². The first-order chi connectivity index (χ1) is 10.9. The number of halogens is 1. The highest BCUT2D eigenvalue weighted by Gasteiger charge is 2.29. The number of hydrogen-bond donors (Lipinski definition) is 1. The molecule has 1 amide bonds. The van der Waals surface area contributed by atoms with Crippen molar-refractivity contribution >= 4 is 34.8 Å². The van der Waals surface area contributed by atoms with Crippen molar-refractivity contribution in [2.75, 3.05) is 39.8 Å². The summed E-state index contributed by atoms with van der Waals surface area (Å²) in [7, 11) is 1.73. The maximum absolute atomic E-state index is 12.6. The van der Waals surface area contributed by atoms with E-state index in [2.05, 4.69) is 0 Å². The molecule has 1 aliphatic heterocycles. The lowest BCUT2D eigenvalue weighted by atomic mass is 10.1. The van der Waals surface area contributed by atoms with Crippen molar-refractivity contribution in [2.24, 2.45) is 0 Å². The summed E-state index contributed by atoms with van der Waals surface area (Å²) in [6, 6.07) is 3.68. The van der Waals surface area contributed by atoms with Crippen molar-refractivity contribution in [3.8, 4) is 0 Å². The second-order valence-electron chi connectivity index (χ2n) is 5.73. The lowest BCUT2D eigenvalue weighted by Gasteiger charge is -2.35. The minimum Gasteiger partial charge on any atom is -0.480 e. The largest absolute Gasteiger partial charge is 0.480 e. The van der Waals surface area contributed by atoms with Crippen LogP contribution in [0.3, 0.4) is 0 Å². The molecular weight excluding hydrogens is 340 g/mol. The van der Waals surface area contributed by atoms with Gasteiger partial charge in [0.05, 0.1) is 29.5 Å². The predicted molar refractivity (Wildman–Crippen MR) is 89.2 cm³/mol. The van der Waals surface area contributed by atoms with E-state index in [0.717, 1.165) is 4.88 Å². The molecule has 0 aliphatic carbocycles. The molecule has 6 nitrogen and oxygen atoms in total. The van der Waals surface area contributed by atoms with Crippen LogP contribution in [0.1, 0.15) is 17.7 Å². The summed E-state index contributed by atoms with van der Waals surface area (Å²) in [4.78, 5) is 27.8. The molecular formula is C15H21ClN2O4S. The molecule has 2 atom stereocenters. The number of nitrogens with zero attached hydrogens (tertiary/aromatic N) is 2. The number of hydrogen-bond acceptors (Lipinski definition) is 5. The molecule has 0 saturated carbocycles. The van der Waals surface area contributed by atoms with Gasteiger partial charge in [0.1, 0.15) is 0 Å². The highest BCUT2D eigenvalue weighted by Crippen LogP contribution is 2.29. The number of aliphatic carboxylic acids is 1. The van der Waals surface area contributed by atoms with Crippen molar-refractivity contribution in [2.45, 2.75) is 18.9 Å². The van der Waals surface area contributed by atoms with Crippen molar-refractivity contribution in [3.05, 3.63) is 21.3 Å². The summed E-state index contributed by atoms with van der Waals surface area (Å²) in [6.07, 6.45) is -0.170. The van der Waals surface area contributed by atoms with Gasteiger partial charge in [-0.15, -0.1) is 11.3 Å². The van der Waals surface area contributed by atoms with Crippen molar-refractivity contribution in [1.82, 2.24) is 9.80 Å². The summed E-state index contributed by atoms with van der Waals surface area (Å²) in [5, 5.41) is 8.80. The highest BCUT2D eigenvalue weighted by atomic mass is 35.5. The van der Waals surface area contributed by atoms with Crippen LogP contribution in [0.15, 0.2) is 12.1 Å². The van der Waals surface area contributed by atoms with Crippen LogP contribution in [0.5, 0.6) is 0 Å². The number of thiophene rings is 1. The molecule has 1 N–H and O–H groups in total. The summed E-state index contributed by atoms with van der Waals surface area (Å²) in [5.74, 6) is -1.06. The molecule has 128 valence electrons. The van der Waals surface area contributed by atoms with E-state index in [1.165, 1.54) is 11.3 Å². The second kappa shape index (κ2) is 8.10. The first kappa shape index (κ1) is 18.2. The standard InChI is InChI=1S/C15H21ClN2O4S/c1-10(12-3-4-13(16)23-12)15(21)18-5-6-22-11(8-18)7-17(2)9-14(19)20/h3-4,10-11H,5-9H2,1-2H3,(H,19,20)/t10-,11-/m0/s1. The predicted octanol–water partition coefficient (Wildman–Crippen LogP) is 1.75. The Morgan fingerprint density at radius 3 is 2.91 bits per heavy atom. The zero-order valence-corrected chi connectivity index (χ0v) is 14.8. The zero-order valence-electron chi connectivity index (χ0n) is 13.2. The van der Waals surface area contributed by atoms with E-state index in [9.17, 15) is 9.59 Å². The first-order valence-electron chi connectivity index (χ1n) is 7.42. The van der Waals surface area contributed by atoms with Crippen molar-refractivity contribution in [1.29, 1.82) is 0 Å². The van der Waals surface area contributed by atoms with Gasteiger partial charge in [-0.3, -0.25) is 14.5 Å². The Morgan fingerprint density at radius 2 is 2.30 bits per heavy atom. The number of carbonyl (C=O) groups excluding carboxylic acids is 1. The van der Waals surface area contributed by atoms with Gasteiger partial charge in [0.2, 0.25) is 5.91 Å². The lowest BCUT2D eigenvalue weighted by molar-refractivity contribution is -0.143. The van der Waals surface area contributed by atoms with E-state index < -0.39 is 5.97 Å². The van der Waals surface area contributed by atoms with E-state index in [4.69, 9.17) is 21.4 Å². The fourth-order valence-electron chi connectivity index (χ4n) is 2.63. The number of carboxylic acid groups (broad SMARTS) is 1. The third kappa shape index (κ3) is 5.17. The lowest BCUT2D eigenvalue weighted by Crippen LogP contribution is -2.50. The number of morpholine rings is 1. The summed E-state index contributed by atoms with van der Waals surface area (Å²) in [6.45, 7) is 3.82. The Morgan fingerprint density at radius 1 is 1.57 bits per heavy atom. The van der Waals surface area contributed by atoms with Gasteiger partial charge >= 0.3 is 5.97 Å². The van der Waals surface area contributed by atoms with Gasteiger partial charge in [0, 0.05) is 24.5 Å². The fraction of sp³-hybridized carbons (Fsp3) is 0.600. The smallest absolute Gasteiger partial charge is 0.317 e. The number of carbonyl (C=O) groups is 2. The third-order valence-electron chi connectivity index (χ3n) is 3.76. The maximum Gasteiger partial charge on any atom is 0.317 e. The molecule has 2 rings (SSSR count). The monoisotopic (exact) mass is 360 g/mol. The summed E-state index contributed by atoms with van der Waals surface area (Å²) < 4.78 is 6.33. The van der Waals surface area contributed by atoms with E-state index in [1.807, 2.05) is 13.0 Å². The Kier molecular flexibility index (Phi) is 6.41. The average molecular weight is 361 g/mol. The molecule has 23 heavy (non-hydrogen) atoms. The molecule has 0 spiro atoms. The topological polar surface area (TPSA) is 70.1 Å². The molecule has 0 radical (unpaired) electrons. The molecule has 1 aromatic rings. The van der Waals surface area contributed by atoms with Gasteiger partial charge in [0.15, 0.2) is 0 Å². The molecule has 8 heteroatoms. The minimum atomic E-state index is -0.876. The van der Waals surface area contributed by atoms with Gasteiger partial charge in [-0.25, -0.2) is 0 Å². The van der Waals surface area contributed by atoms with Crippen LogP contribution in [0, 0.1) is 0 Å².